The zero-order valence-corrected chi connectivity index (χ0v) is 29.4. The van der Waals surface area contributed by atoms with Gasteiger partial charge in [0, 0.05) is 32.3 Å². The number of fused-ring (bicyclic) bond motifs is 9. The number of nitrogens with two attached hydrogens (primary N) is 1. The van der Waals surface area contributed by atoms with E-state index in [9.17, 15) is 37.1 Å². The summed E-state index contributed by atoms with van der Waals surface area (Å²) in [6, 6.07) is 0.710. The van der Waals surface area contributed by atoms with E-state index < -0.39 is 82.4 Å². The van der Waals surface area contributed by atoms with Crippen LogP contribution in [0.3, 0.4) is 0 Å². The number of nitrogens with zero attached hydrogens (tertiary/aromatic N) is 5. The molecule has 7 rings (SSSR count). The highest BCUT2D eigenvalue weighted by molar-refractivity contribution is 7.98. The standard InChI is InChI=1S/C34H36F4N6O7S/c1-17(2)27-29(46)41-11-9-33(10-12-41)31(48)44(32(49)42(33)15-19-5-8-25-23(13-19)40-18(3)50-25)51-30(47)26(39)24(16-52-4)43(27)28(45)21-14-20(34(36,37)38)6-7-22(21)35/h5-8,13-14,17,24,26-27H,9-12,15-16,39H2,1-4H3/t24-,26+,27+/m0/s1. The van der Waals surface area contributed by atoms with E-state index in [0.717, 1.165) is 16.7 Å². The zero-order valence-electron chi connectivity index (χ0n) is 28.6. The Hall–Kier alpha value is -4.71. The van der Waals surface area contributed by atoms with Gasteiger partial charge in [-0.1, -0.05) is 25.0 Å². The van der Waals surface area contributed by atoms with E-state index in [0.29, 0.717) is 45.8 Å². The molecule has 5 amide bonds. The summed E-state index contributed by atoms with van der Waals surface area (Å²) in [6.45, 7) is 4.62. The third-order valence-corrected chi connectivity index (χ3v) is 10.5. The second-order valence-corrected chi connectivity index (χ2v) is 14.3. The minimum atomic E-state index is -4.93. The molecule has 3 atom stereocenters. The number of aromatic nitrogens is 1. The Labute approximate surface area is 299 Å². The van der Waals surface area contributed by atoms with E-state index in [-0.39, 0.29) is 38.2 Å². The molecule has 2 N–H and O–H groups in total. The monoisotopic (exact) mass is 748 g/mol. The van der Waals surface area contributed by atoms with Crippen molar-refractivity contribution in [3.8, 4) is 0 Å². The second-order valence-electron chi connectivity index (χ2n) is 13.4. The van der Waals surface area contributed by atoms with Gasteiger partial charge in [0.05, 0.1) is 17.2 Å². The number of imide groups is 1. The van der Waals surface area contributed by atoms with E-state index in [4.69, 9.17) is 15.0 Å². The van der Waals surface area contributed by atoms with E-state index >= 15 is 4.39 Å². The molecule has 4 aliphatic rings. The summed E-state index contributed by atoms with van der Waals surface area (Å²) < 4.78 is 61.9. The van der Waals surface area contributed by atoms with Gasteiger partial charge in [-0.3, -0.25) is 14.4 Å². The third-order valence-electron chi connectivity index (χ3n) is 9.81. The molecule has 4 saturated heterocycles. The Morgan fingerprint density at radius 3 is 2.42 bits per heavy atom. The van der Waals surface area contributed by atoms with Crippen LogP contribution < -0.4 is 5.73 Å². The van der Waals surface area contributed by atoms with E-state index in [1.54, 1.807) is 45.2 Å². The lowest BCUT2D eigenvalue weighted by atomic mass is 9.85. The Morgan fingerprint density at radius 2 is 1.79 bits per heavy atom. The molecule has 3 bridgehead atoms. The number of alkyl halides is 3. The average Bonchev–Trinajstić information content (AvgIpc) is 3.55. The number of thioether (sulfide) groups is 1. The molecule has 0 aliphatic carbocycles. The van der Waals surface area contributed by atoms with Crippen molar-refractivity contribution in [2.45, 2.75) is 70.0 Å². The molecule has 3 aromatic rings. The minimum absolute atomic E-state index is 0.0794. The lowest BCUT2D eigenvalue weighted by Crippen LogP contribution is -2.64. The van der Waals surface area contributed by atoms with Gasteiger partial charge >= 0.3 is 18.2 Å². The number of aryl methyl sites for hydroxylation is 1. The van der Waals surface area contributed by atoms with Gasteiger partial charge in [0.2, 0.25) is 5.91 Å². The van der Waals surface area contributed by atoms with Gasteiger partial charge in [-0.05, 0) is 60.9 Å². The number of carbonyl (C=O) groups excluding carboxylic acids is 5. The van der Waals surface area contributed by atoms with Crippen LogP contribution in [0.4, 0.5) is 22.4 Å². The van der Waals surface area contributed by atoms with E-state index in [2.05, 4.69) is 4.98 Å². The lowest BCUT2D eigenvalue weighted by molar-refractivity contribution is -0.186. The molecule has 5 heterocycles. The van der Waals surface area contributed by atoms with Crippen molar-refractivity contribution in [1.29, 1.82) is 0 Å². The summed E-state index contributed by atoms with van der Waals surface area (Å²) >= 11 is 1.08. The lowest BCUT2D eigenvalue weighted by Gasteiger charge is -2.45. The molecular formula is C34H36F4N6O7S. The molecule has 4 aliphatic heterocycles. The van der Waals surface area contributed by atoms with Crippen molar-refractivity contribution in [2.24, 2.45) is 11.7 Å². The number of benzene rings is 2. The number of carbonyl (C=O) groups is 5. The number of oxazole rings is 1. The highest BCUT2D eigenvalue weighted by atomic mass is 32.2. The van der Waals surface area contributed by atoms with Crippen LogP contribution in [0, 0.1) is 18.7 Å². The quantitative estimate of drug-likeness (QED) is 0.287. The predicted molar refractivity (Wildman–Crippen MR) is 178 cm³/mol. The number of hydroxylamine groups is 2. The zero-order chi connectivity index (χ0) is 37.9. The van der Waals surface area contributed by atoms with Crippen LogP contribution in [0.2, 0.25) is 0 Å². The molecule has 4 fully saturated rings. The molecule has 1 spiro atoms. The molecular weight excluding hydrogens is 712 g/mol. The first-order valence-electron chi connectivity index (χ1n) is 16.4. The predicted octanol–water partition coefficient (Wildman–Crippen LogP) is 4.12. The van der Waals surface area contributed by atoms with Crippen molar-refractivity contribution in [2.75, 3.05) is 25.1 Å². The average molecular weight is 749 g/mol. The smallest absolute Gasteiger partial charge is 0.416 e. The fourth-order valence-corrected chi connectivity index (χ4v) is 7.88. The van der Waals surface area contributed by atoms with Crippen molar-refractivity contribution >= 4 is 52.6 Å². The number of amides is 5. The maximum atomic E-state index is 15.2. The largest absolute Gasteiger partial charge is 0.441 e. The van der Waals surface area contributed by atoms with Gasteiger partial charge in [-0.25, -0.2) is 19.0 Å². The van der Waals surface area contributed by atoms with Crippen molar-refractivity contribution in [1.82, 2.24) is 24.7 Å². The first-order valence-corrected chi connectivity index (χ1v) is 17.8. The van der Waals surface area contributed by atoms with Crippen LogP contribution in [0.1, 0.15) is 54.1 Å². The highest BCUT2D eigenvalue weighted by Gasteiger charge is 2.61. The van der Waals surface area contributed by atoms with E-state index in [1.165, 1.54) is 9.80 Å². The Balaban J connectivity index is 1.43. The Morgan fingerprint density at radius 1 is 1.10 bits per heavy atom. The maximum absolute atomic E-state index is 15.2. The Bertz CT molecular complexity index is 1950. The molecule has 278 valence electrons. The van der Waals surface area contributed by atoms with Gasteiger partial charge in [0.15, 0.2) is 11.5 Å². The highest BCUT2D eigenvalue weighted by Crippen LogP contribution is 2.40. The first-order chi connectivity index (χ1) is 24.5. The normalized spacial score (nSPS) is 24.5. The van der Waals surface area contributed by atoms with Crippen LogP contribution in [0.5, 0.6) is 0 Å². The number of hydrogen-bond acceptors (Lipinski definition) is 10. The fraction of sp³-hybridized carbons (Fsp3) is 0.471. The van der Waals surface area contributed by atoms with Crippen LogP contribution in [0.15, 0.2) is 40.8 Å². The van der Waals surface area contributed by atoms with Gasteiger partial charge < -0.3 is 29.7 Å². The summed E-state index contributed by atoms with van der Waals surface area (Å²) in [5.74, 6) is -5.86. The Kier molecular flexibility index (Phi) is 9.75. The summed E-state index contributed by atoms with van der Waals surface area (Å²) in [4.78, 5) is 84.1. The van der Waals surface area contributed by atoms with Crippen molar-refractivity contribution in [3.63, 3.8) is 0 Å². The summed E-state index contributed by atoms with van der Waals surface area (Å²) in [5.41, 5.74) is 4.27. The minimum Gasteiger partial charge on any atom is -0.441 e. The fourth-order valence-electron chi connectivity index (χ4n) is 7.17. The number of urea groups is 1. The van der Waals surface area contributed by atoms with Crippen molar-refractivity contribution in [3.05, 3.63) is 64.8 Å². The molecule has 13 nitrogen and oxygen atoms in total. The first kappa shape index (κ1) is 37.1. The number of hydrogen-bond donors (Lipinski definition) is 1. The number of halogens is 4. The molecule has 2 aromatic carbocycles. The van der Waals surface area contributed by atoms with Crippen LogP contribution >= 0.6 is 11.8 Å². The second kappa shape index (κ2) is 13.7. The summed E-state index contributed by atoms with van der Waals surface area (Å²) in [6.07, 6.45) is -3.49. The molecule has 0 unspecified atom stereocenters. The number of piperidine rings is 1. The SMILES string of the molecule is CSC[C@H]1[C@@H](N)C(=O)ON2C(=O)N(Cc3ccc4oc(C)nc4c3)C3(CCN(CC3)C(=O)[C@@H](C(C)C)N1C(=O)c1cc(C(F)(F)F)ccc1F)C2=O. The van der Waals surface area contributed by atoms with Crippen LogP contribution in [-0.4, -0.2) is 103 Å². The van der Waals surface area contributed by atoms with E-state index in [1.807, 2.05) is 0 Å². The molecule has 0 saturated carbocycles. The summed E-state index contributed by atoms with van der Waals surface area (Å²) in [7, 11) is 0. The number of rotatable bonds is 6. The van der Waals surface area contributed by atoms with Gasteiger partial charge in [0.1, 0.15) is 29.0 Å². The van der Waals surface area contributed by atoms with Crippen LogP contribution in [0.25, 0.3) is 11.1 Å². The topological polar surface area (TPSA) is 160 Å². The molecule has 1 aromatic heterocycles. The summed E-state index contributed by atoms with van der Waals surface area (Å²) in [5, 5.41) is 0.338. The van der Waals surface area contributed by atoms with Gasteiger partial charge in [0.25, 0.3) is 11.8 Å². The van der Waals surface area contributed by atoms with Crippen molar-refractivity contribution < 1.29 is 50.8 Å². The maximum Gasteiger partial charge on any atom is 0.416 e. The molecule has 52 heavy (non-hydrogen) atoms. The van der Waals surface area contributed by atoms with Gasteiger partial charge in [-0.2, -0.15) is 24.9 Å². The third kappa shape index (κ3) is 6.35. The van der Waals surface area contributed by atoms with Crippen LogP contribution in [-0.2, 0) is 31.9 Å². The van der Waals surface area contributed by atoms with Gasteiger partial charge in [-0.15, -0.1) is 0 Å². The molecule has 18 heteroatoms. The molecule has 0 radical (unpaired) electrons.